The van der Waals surface area contributed by atoms with Crippen molar-refractivity contribution in [1.82, 2.24) is 4.72 Å². The van der Waals surface area contributed by atoms with Crippen molar-refractivity contribution in [2.45, 2.75) is 33.1 Å². The monoisotopic (exact) mass is 267 g/mol. The van der Waals surface area contributed by atoms with Crippen molar-refractivity contribution in [3.63, 3.8) is 0 Å². The molecule has 0 amide bonds. The van der Waals surface area contributed by atoms with Gasteiger partial charge in [0.15, 0.2) is 0 Å². The first-order chi connectivity index (χ1) is 7.83. The molecule has 2 N–H and O–H groups in total. The molecule has 0 radical (unpaired) electrons. The van der Waals surface area contributed by atoms with Gasteiger partial charge >= 0.3 is 0 Å². The third-order valence-electron chi connectivity index (χ3n) is 2.54. The average Bonchev–Trinajstić information content (AvgIpc) is 2.25. The Morgan fingerprint density at radius 1 is 1.29 bits per heavy atom. The van der Waals surface area contributed by atoms with Crippen LogP contribution in [0.1, 0.15) is 33.1 Å². The van der Waals surface area contributed by atoms with Gasteiger partial charge in [0.1, 0.15) is 0 Å². The summed E-state index contributed by atoms with van der Waals surface area (Å²) in [7, 11) is -1.65. The van der Waals surface area contributed by atoms with E-state index in [0.717, 1.165) is 6.42 Å². The predicted molar refractivity (Wildman–Crippen MR) is 68.4 cm³/mol. The van der Waals surface area contributed by atoms with Gasteiger partial charge in [-0.15, -0.1) is 0 Å². The van der Waals surface area contributed by atoms with Crippen LogP contribution in [0.5, 0.6) is 0 Å². The third kappa shape index (κ3) is 9.52. The highest BCUT2D eigenvalue weighted by Gasteiger charge is 2.20. The molecule has 5 nitrogen and oxygen atoms in total. The molecule has 104 valence electrons. The molecule has 0 aliphatic carbocycles. The fourth-order valence-corrected chi connectivity index (χ4v) is 2.67. The van der Waals surface area contributed by atoms with Crippen LogP contribution in [0.3, 0.4) is 0 Å². The van der Waals surface area contributed by atoms with Gasteiger partial charge in [0.2, 0.25) is 10.0 Å². The summed E-state index contributed by atoms with van der Waals surface area (Å²) in [6, 6.07) is 0. The van der Waals surface area contributed by atoms with E-state index >= 15 is 0 Å². The van der Waals surface area contributed by atoms with Crippen LogP contribution in [0.2, 0.25) is 0 Å². The number of aliphatic hydroxyl groups excluding tert-OH is 1. The number of hydrogen-bond donors (Lipinski definition) is 2. The molecule has 0 heterocycles. The van der Waals surface area contributed by atoms with Crippen molar-refractivity contribution in [3.8, 4) is 0 Å². The lowest BCUT2D eigenvalue weighted by Crippen LogP contribution is -2.35. The first kappa shape index (κ1) is 16.8. The van der Waals surface area contributed by atoms with Gasteiger partial charge in [-0.3, -0.25) is 0 Å². The minimum absolute atomic E-state index is 0.0942. The Hall–Kier alpha value is -0.170. The maximum atomic E-state index is 11.6. The lowest BCUT2D eigenvalue weighted by Gasteiger charge is -2.24. The second-order valence-corrected chi connectivity index (χ2v) is 6.90. The summed E-state index contributed by atoms with van der Waals surface area (Å²) in [6.07, 6.45) is 1.99. The number of sulfonamides is 1. The van der Waals surface area contributed by atoms with E-state index < -0.39 is 10.0 Å². The lowest BCUT2D eigenvalue weighted by molar-refractivity contribution is 0.199. The molecule has 0 bridgehead atoms. The molecule has 0 saturated carbocycles. The summed E-state index contributed by atoms with van der Waals surface area (Å²) < 4.78 is 30.6. The van der Waals surface area contributed by atoms with Gasteiger partial charge in [0.25, 0.3) is 0 Å². The second kappa shape index (κ2) is 8.02. The quantitative estimate of drug-likeness (QED) is 0.572. The molecule has 0 aliphatic rings. The molecule has 6 heteroatoms. The zero-order valence-electron chi connectivity index (χ0n) is 11.0. The van der Waals surface area contributed by atoms with E-state index in [2.05, 4.69) is 4.72 Å². The minimum atomic E-state index is -3.20. The number of aliphatic hydroxyl groups is 1. The van der Waals surface area contributed by atoms with Gasteiger partial charge < -0.3 is 9.84 Å². The fourth-order valence-electron chi connectivity index (χ4n) is 1.42. The number of methoxy groups -OCH3 is 1. The number of rotatable bonds is 10. The van der Waals surface area contributed by atoms with E-state index in [1.165, 1.54) is 0 Å². The summed E-state index contributed by atoms with van der Waals surface area (Å²) in [5.74, 6) is 0.0942. The topological polar surface area (TPSA) is 75.6 Å². The van der Waals surface area contributed by atoms with Gasteiger partial charge in [-0.1, -0.05) is 13.8 Å². The molecule has 0 aromatic heterocycles. The van der Waals surface area contributed by atoms with Crippen LogP contribution in [-0.4, -0.2) is 46.1 Å². The van der Waals surface area contributed by atoms with Crippen LogP contribution >= 0.6 is 0 Å². The standard InChI is InChI=1S/C11H25NO4S/c1-11(2,6-4-7-13)10-12-17(14,15)9-5-8-16-3/h12-13H,4-10H2,1-3H3. The molecule has 0 aliphatic heterocycles. The van der Waals surface area contributed by atoms with Crippen LogP contribution in [0, 0.1) is 5.41 Å². The fraction of sp³-hybridized carbons (Fsp3) is 1.00. The SMILES string of the molecule is COCCCS(=O)(=O)NCC(C)(C)CCCO. The van der Waals surface area contributed by atoms with Gasteiger partial charge in [-0.2, -0.15) is 0 Å². The Morgan fingerprint density at radius 2 is 1.94 bits per heavy atom. The smallest absolute Gasteiger partial charge is 0.211 e. The van der Waals surface area contributed by atoms with Crippen molar-refractivity contribution in [3.05, 3.63) is 0 Å². The molecular weight excluding hydrogens is 242 g/mol. The molecule has 17 heavy (non-hydrogen) atoms. The van der Waals surface area contributed by atoms with Crippen molar-refractivity contribution in [2.75, 3.05) is 32.6 Å². The molecule has 0 fully saturated rings. The highest BCUT2D eigenvalue weighted by molar-refractivity contribution is 7.89. The van der Waals surface area contributed by atoms with Crippen LogP contribution in [0.4, 0.5) is 0 Å². The summed E-state index contributed by atoms with van der Waals surface area (Å²) in [6.45, 7) is 4.97. The van der Waals surface area contributed by atoms with Crippen LogP contribution in [-0.2, 0) is 14.8 Å². The van der Waals surface area contributed by atoms with Crippen molar-refractivity contribution < 1.29 is 18.3 Å². The van der Waals surface area contributed by atoms with E-state index in [1.807, 2.05) is 13.8 Å². The molecule has 0 unspecified atom stereocenters. The van der Waals surface area contributed by atoms with Crippen LogP contribution < -0.4 is 4.72 Å². The maximum Gasteiger partial charge on any atom is 0.211 e. The van der Waals surface area contributed by atoms with Gasteiger partial charge in [0, 0.05) is 26.9 Å². The molecule has 0 aromatic carbocycles. The van der Waals surface area contributed by atoms with E-state index in [4.69, 9.17) is 9.84 Å². The Labute approximate surface area is 105 Å². The third-order valence-corrected chi connectivity index (χ3v) is 3.95. The molecule has 0 aromatic rings. The van der Waals surface area contributed by atoms with E-state index in [9.17, 15) is 8.42 Å². The summed E-state index contributed by atoms with van der Waals surface area (Å²) >= 11 is 0. The molecular formula is C11H25NO4S. The molecule has 0 rings (SSSR count). The largest absolute Gasteiger partial charge is 0.396 e. The van der Waals surface area contributed by atoms with E-state index in [1.54, 1.807) is 7.11 Å². The van der Waals surface area contributed by atoms with Gasteiger partial charge in [0.05, 0.1) is 5.75 Å². The Bertz CT molecular complexity index is 288. The van der Waals surface area contributed by atoms with E-state index in [0.29, 0.717) is 26.0 Å². The average molecular weight is 267 g/mol. The molecule has 0 atom stereocenters. The van der Waals surface area contributed by atoms with E-state index in [-0.39, 0.29) is 17.8 Å². The zero-order valence-corrected chi connectivity index (χ0v) is 11.8. The lowest BCUT2D eigenvalue weighted by atomic mass is 9.88. The highest BCUT2D eigenvalue weighted by Crippen LogP contribution is 2.21. The first-order valence-electron chi connectivity index (χ1n) is 5.90. The Morgan fingerprint density at radius 3 is 2.47 bits per heavy atom. The van der Waals surface area contributed by atoms with Gasteiger partial charge in [-0.25, -0.2) is 13.1 Å². The summed E-state index contributed by atoms with van der Waals surface area (Å²) in [4.78, 5) is 0. The Balaban J connectivity index is 3.99. The second-order valence-electron chi connectivity index (χ2n) is 4.98. The van der Waals surface area contributed by atoms with Crippen molar-refractivity contribution >= 4 is 10.0 Å². The zero-order chi connectivity index (χ0) is 13.4. The first-order valence-corrected chi connectivity index (χ1v) is 7.55. The van der Waals surface area contributed by atoms with Crippen LogP contribution in [0.15, 0.2) is 0 Å². The Kier molecular flexibility index (Phi) is 7.94. The van der Waals surface area contributed by atoms with Crippen molar-refractivity contribution in [2.24, 2.45) is 5.41 Å². The normalized spacial score (nSPS) is 12.9. The maximum absolute atomic E-state index is 11.6. The summed E-state index contributed by atoms with van der Waals surface area (Å²) in [5, 5.41) is 8.75. The predicted octanol–water partition coefficient (Wildman–Crippen LogP) is 0.741. The van der Waals surface area contributed by atoms with Crippen LogP contribution in [0.25, 0.3) is 0 Å². The van der Waals surface area contributed by atoms with Gasteiger partial charge in [-0.05, 0) is 24.7 Å². The number of hydrogen-bond acceptors (Lipinski definition) is 4. The summed E-state index contributed by atoms with van der Waals surface area (Å²) in [5.41, 5.74) is -0.128. The highest BCUT2D eigenvalue weighted by atomic mass is 32.2. The molecule has 0 spiro atoms. The minimum Gasteiger partial charge on any atom is -0.396 e. The number of nitrogens with one attached hydrogen (secondary N) is 1. The number of ether oxygens (including phenoxy) is 1. The van der Waals surface area contributed by atoms with Crippen molar-refractivity contribution in [1.29, 1.82) is 0 Å². The molecule has 0 saturated heterocycles.